The molecule has 5 nitrogen and oxygen atoms in total. The highest BCUT2D eigenvalue weighted by molar-refractivity contribution is 6.35. The molecule has 1 aromatic carbocycles. The van der Waals surface area contributed by atoms with E-state index < -0.39 is 0 Å². The summed E-state index contributed by atoms with van der Waals surface area (Å²) in [6.45, 7) is 1.47. The third-order valence-electron chi connectivity index (χ3n) is 4.37. The van der Waals surface area contributed by atoms with Crippen LogP contribution in [0.1, 0.15) is 23.2 Å². The number of aromatic nitrogens is 1. The number of carbonyl (C=O) groups is 1. The summed E-state index contributed by atoms with van der Waals surface area (Å²) in [4.78, 5) is 12.0. The number of nitrogens with zero attached hydrogens (tertiary/aromatic N) is 1. The van der Waals surface area contributed by atoms with Crippen molar-refractivity contribution in [3.05, 3.63) is 47.1 Å². The fourth-order valence-electron chi connectivity index (χ4n) is 3.14. The van der Waals surface area contributed by atoms with Gasteiger partial charge in [-0.15, -0.1) is 0 Å². The van der Waals surface area contributed by atoms with Gasteiger partial charge in [0.15, 0.2) is 0 Å². The Morgan fingerprint density at radius 2 is 2.38 bits per heavy atom. The van der Waals surface area contributed by atoms with Gasteiger partial charge in [0.25, 0.3) is 0 Å². The van der Waals surface area contributed by atoms with E-state index in [1.54, 1.807) is 12.3 Å². The summed E-state index contributed by atoms with van der Waals surface area (Å²) in [7, 11) is 1.37. The van der Waals surface area contributed by atoms with Gasteiger partial charge in [-0.1, -0.05) is 35.9 Å². The molecule has 6 heteroatoms. The van der Waals surface area contributed by atoms with Crippen LogP contribution in [0, 0.1) is 0 Å². The van der Waals surface area contributed by atoms with Crippen LogP contribution >= 0.6 is 11.6 Å². The number of fused-ring (bicyclic) bond motifs is 1. The Morgan fingerprint density at radius 1 is 1.54 bits per heavy atom. The third-order valence-corrected chi connectivity index (χ3v) is 4.68. The number of esters is 1. The zero-order chi connectivity index (χ0) is 17.1. The summed E-state index contributed by atoms with van der Waals surface area (Å²) in [5, 5.41) is 14.6. The topological polar surface area (TPSA) is 63.5 Å². The molecule has 128 valence electrons. The minimum atomic E-state index is -0.380. The molecule has 1 aliphatic rings. The van der Waals surface area contributed by atoms with Gasteiger partial charge >= 0.3 is 5.97 Å². The number of allylic oxidation sites excluding steroid dienone is 1. The van der Waals surface area contributed by atoms with Crippen LogP contribution in [0.5, 0.6) is 0 Å². The number of benzene rings is 1. The quantitative estimate of drug-likeness (QED) is 0.658. The third kappa shape index (κ3) is 3.34. The Labute approximate surface area is 145 Å². The number of nitrogens with one attached hydrogen (secondary N) is 1. The Balaban J connectivity index is 1.87. The molecular formula is C18H21ClN2O3. The number of halogens is 1. The summed E-state index contributed by atoms with van der Waals surface area (Å²) in [5.74, 6) is -0.380. The van der Waals surface area contributed by atoms with E-state index in [0.29, 0.717) is 17.1 Å². The molecule has 1 fully saturated rings. The second-order valence-electron chi connectivity index (χ2n) is 5.94. The first kappa shape index (κ1) is 17.0. The number of aliphatic hydroxyl groups excluding tert-OH is 1. The van der Waals surface area contributed by atoms with Gasteiger partial charge in [-0.05, 0) is 25.5 Å². The fraction of sp³-hybridized carbons (Fsp3) is 0.389. The molecule has 1 aromatic heterocycles. The van der Waals surface area contributed by atoms with E-state index in [4.69, 9.17) is 16.3 Å². The molecule has 0 bridgehead atoms. The van der Waals surface area contributed by atoms with E-state index in [2.05, 4.69) is 5.32 Å². The molecule has 24 heavy (non-hydrogen) atoms. The average Bonchev–Trinajstić information content (AvgIpc) is 2.96. The van der Waals surface area contributed by atoms with Gasteiger partial charge in [-0.2, -0.15) is 0 Å². The van der Waals surface area contributed by atoms with Crippen LogP contribution in [0.25, 0.3) is 10.9 Å². The molecule has 3 rings (SSSR count). The lowest BCUT2D eigenvalue weighted by Gasteiger charge is -2.26. The predicted octanol–water partition coefficient (Wildman–Crippen LogP) is 2.75. The van der Waals surface area contributed by atoms with Gasteiger partial charge in [-0.3, -0.25) is 0 Å². The van der Waals surface area contributed by atoms with Crippen LogP contribution in [0.3, 0.4) is 0 Å². The van der Waals surface area contributed by atoms with Crippen molar-refractivity contribution in [3.8, 4) is 0 Å². The number of rotatable bonds is 4. The fourth-order valence-corrected chi connectivity index (χ4v) is 3.43. The molecule has 2 heterocycles. The van der Waals surface area contributed by atoms with Crippen molar-refractivity contribution < 1.29 is 14.6 Å². The molecule has 2 aromatic rings. The van der Waals surface area contributed by atoms with E-state index in [1.165, 1.54) is 7.11 Å². The Bertz CT molecular complexity index is 769. The largest absolute Gasteiger partial charge is 0.465 e. The highest BCUT2D eigenvalue weighted by Gasteiger charge is 2.20. The summed E-state index contributed by atoms with van der Waals surface area (Å²) < 4.78 is 6.78. The van der Waals surface area contributed by atoms with Crippen molar-refractivity contribution in [2.45, 2.75) is 31.5 Å². The summed E-state index contributed by atoms with van der Waals surface area (Å²) >= 11 is 6.32. The highest BCUT2D eigenvalue weighted by Crippen LogP contribution is 2.28. The van der Waals surface area contributed by atoms with E-state index in [9.17, 15) is 9.90 Å². The second kappa shape index (κ2) is 7.38. The SMILES string of the molecule is COC(=O)c1cn(C/C=C/[C@H]2NCCC[C@@H]2O)c2c(Cl)cccc12. The number of hydrogen-bond donors (Lipinski definition) is 2. The van der Waals surface area contributed by atoms with Crippen molar-refractivity contribution in [2.75, 3.05) is 13.7 Å². The minimum absolute atomic E-state index is 0.0314. The summed E-state index contributed by atoms with van der Waals surface area (Å²) in [5.41, 5.74) is 1.31. The molecular weight excluding hydrogens is 328 g/mol. The summed E-state index contributed by atoms with van der Waals surface area (Å²) in [6, 6.07) is 5.45. The molecule has 0 spiro atoms. The molecule has 0 aliphatic carbocycles. The first-order chi connectivity index (χ1) is 11.6. The zero-order valence-corrected chi connectivity index (χ0v) is 14.3. The number of carbonyl (C=O) groups excluding carboxylic acids is 1. The standard InChI is InChI=1S/C18H21ClN2O3/c1-24-18(23)13-11-21(17-12(13)5-2-6-14(17)19)10-4-7-15-16(22)8-3-9-20-15/h2,4-7,11,15-16,20,22H,3,8-10H2,1H3/b7-4+/t15-,16+/m1/s1. The Kier molecular flexibility index (Phi) is 5.23. The first-order valence-electron chi connectivity index (χ1n) is 8.05. The second-order valence-corrected chi connectivity index (χ2v) is 6.35. The van der Waals surface area contributed by atoms with Crippen molar-refractivity contribution in [2.24, 2.45) is 0 Å². The van der Waals surface area contributed by atoms with Crippen LogP contribution < -0.4 is 5.32 Å². The Morgan fingerprint density at radius 3 is 3.12 bits per heavy atom. The summed E-state index contributed by atoms with van der Waals surface area (Å²) in [6.07, 6.45) is 7.17. The molecule has 1 aliphatic heterocycles. The lowest BCUT2D eigenvalue weighted by Crippen LogP contribution is -2.43. The van der Waals surface area contributed by atoms with Crippen molar-refractivity contribution in [1.82, 2.24) is 9.88 Å². The van der Waals surface area contributed by atoms with Gasteiger partial charge < -0.3 is 19.7 Å². The smallest absolute Gasteiger partial charge is 0.340 e. The number of methoxy groups -OCH3 is 1. The van der Waals surface area contributed by atoms with Crippen molar-refractivity contribution in [1.29, 1.82) is 0 Å². The zero-order valence-electron chi connectivity index (χ0n) is 13.5. The maximum atomic E-state index is 12.0. The van der Waals surface area contributed by atoms with Crippen LogP contribution in [0.4, 0.5) is 0 Å². The maximum Gasteiger partial charge on any atom is 0.340 e. The van der Waals surface area contributed by atoms with E-state index in [1.807, 2.05) is 28.9 Å². The molecule has 0 unspecified atom stereocenters. The van der Waals surface area contributed by atoms with Crippen molar-refractivity contribution >= 4 is 28.5 Å². The van der Waals surface area contributed by atoms with Gasteiger partial charge in [-0.25, -0.2) is 4.79 Å². The van der Waals surface area contributed by atoms with Gasteiger partial charge in [0, 0.05) is 18.1 Å². The van der Waals surface area contributed by atoms with Crippen LogP contribution in [-0.2, 0) is 11.3 Å². The molecule has 2 atom stereocenters. The van der Waals surface area contributed by atoms with Crippen LogP contribution in [0.2, 0.25) is 5.02 Å². The average molecular weight is 349 g/mol. The molecule has 0 amide bonds. The minimum Gasteiger partial charge on any atom is -0.465 e. The van der Waals surface area contributed by atoms with E-state index in [0.717, 1.165) is 30.3 Å². The maximum absolute atomic E-state index is 12.0. The number of aliphatic hydroxyl groups is 1. The first-order valence-corrected chi connectivity index (χ1v) is 8.43. The van der Waals surface area contributed by atoms with Crippen molar-refractivity contribution in [3.63, 3.8) is 0 Å². The number of ether oxygens (including phenoxy) is 1. The number of piperidine rings is 1. The van der Waals surface area contributed by atoms with E-state index in [-0.39, 0.29) is 18.1 Å². The lowest BCUT2D eigenvalue weighted by molar-refractivity contribution is 0.0602. The molecule has 0 saturated carbocycles. The highest BCUT2D eigenvalue weighted by atomic mass is 35.5. The normalized spacial score (nSPS) is 21.5. The predicted molar refractivity (Wildman–Crippen MR) is 94.5 cm³/mol. The van der Waals surface area contributed by atoms with Crippen LogP contribution in [-0.4, -0.2) is 41.4 Å². The molecule has 0 radical (unpaired) electrons. The molecule has 1 saturated heterocycles. The Hall–Kier alpha value is -1.82. The van der Waals surface area contributed by atoms with Gasteiger partial charge in [0.1, 0.15) is 0 Å². The number of para-hydroxylation sites is 1. The molecule has 2 N–H and O–H groups in total. The lowest BCUT2D eigenvalue weighted by atomic mass is 10.0. The van der Waals surface area contributed by atoms with E-state index >= 15 is 0 Å². The van der Waals surface area contributed by atoms with Gasteiger partial charge in [0.05, 0.1) is 35.4 Å². The van der Waals surface area contributed by atoms with Gasteiger partial charge in [0.2, 0.25) is 0 Å². The van der Waals surface area contributed by atoms with Crippen LogP contribution in [0.15, 0.2) is 36.5 Å². The number of hydrogen-bond acceptors (Lipinski definition) is 4. The monoisotopic (exact) mass is 348 g/mol.